The van der Waals surface area contributed by atoms with Gasteiger partial charge in [-0.05, 0) is 50.7 Å². The van der Waals surface area contributed by atoms with Crippen LogP contribution in [0.3, 0.4) is 0 Å². The van der Waals surface area contributed by atoms with E-state index in [9.17, 15) is 4.79 Å². The molecular weight excluding hydrogens is 238 g/mol. The summed E-state index contributed by atoms with van der Waals surface area (Å²) in [4.78, 5) is 11.3. The highest BCUT2D eigenvalue weighted by Crippen LogP contribution is 2.49. The van der Waals surface area contributed by atoms with Crippen molar-refractivity contribution in [2.75, 3.05) is 0 Å². The number of fused-ring (bicyclic) bond motifs is 1. The average molecular weight is 259 g/mol. The fourth-order valence-electron chi connectivity index (χ4n) is 3.66. The van der Waals surface area contributed by atoms with E-state index < -0.39 is 0 Å². The van der Waals surface area contributed by atoms with Gasteiger partial charge < -0.3 is 10.5 Å². The van der Waals surface area contributed by atoms with Crippen LogP contribution in [0.15, 0.2) is 18.2 Å². The van der Waals surface area contributed by atoms with Gasteiger partial charge in [0.2, 0.25) is 5.91 Å². The first-order valence-corrected chi connectivity index (χ1v) is 7.16. The molecule has 3 heteroatoms. The lowest BCUT2D eigenvalue weighted by atomic mass is 9.79. The van der Waals surface area contributed by atoms with Crippen LogP contribution in [0, 0.1) is 6.92 Å². The molecule has 1 aromatic rings. The zero-order valence-corrected chi connectivity index (χ0v) is 11.4. The Bertz CT molecular complexity index is 503. The van der Waals surface area contributed by atoms with E-state index in [0.717, 1.165) is 30.6 Å². The Morgan fingerprint density at radius 2 is 2.16 bits per heavy atom. The van der Waals surface area contributed by atoms with Crippen LogP contribution < -0.4 is 10.5 Å². The van der Waals surface area contributed by atoms with Gasteiger partial charge in [-0.15, -0.1) is 0 Å². The third-order valence-corrected chi connectivity index (χ3v) is 4.51. The fourth-order valence-corrected chi connectivity index (χ4v) is 3.66. The van der Waals surface area contributed by atoms with Crippen molar-refractivity contribution < 1.29 is 9.53 Å². The normalized spacial score (nSPS) is 23.9. The number of rotatable bonds is 2. The molecule has 3 rings (SSSR count). The van der Waals surface area contributed by atoms with Crippen molar-refractivity contribution in [1.82, 2.24) is 0 Å². The topological polar surface area (TPSA) is 52.3 Å². The smallest absolute Gasteiger partial charge is 0.218 e. The van der Waals surface area contributed by atoms with Gasteiger partial charge in [-0.1, -0.05) is 17.7 Å². The zero-order chi connectivity index (χ0) is 13.5. The van der Waals surface area contributed by atoms with Crippen LogP contribution in [-0.4, -0.2) is 11.5 Å². The van der Waals surface area contributed by atoms with Crippen molar-refractivity contribution in [1.29, 1.82) is 0 Å². The monoisotopic (exact) mass is 259 g/mol. The number of aryl methyl sites for hydroxylation is 1. The molecular formula is C16H21NO2. The van der Waals surface area contributed by atoms with Crippen LogP contribution in [-0.2, 0) is 4.79 Å². The van der Waals surface area contributed by atoms with Gasteiger partial charge in [-0.3, -0.25) is 4.79 Å². The van der Waals surface area contributed by atoms with Gasteiger partial charge in [0.15, 0.2) is 0 Å². The molecule has 2 aliphatic rings. The number of amides is 1. The van der Waals surface area contributed by atoms with E-state index in [2.05, 4.69) is 25.1 Å². The molecule has 1 saturated carbocycles. The van der Waals surface area contributed by atoms with E-state index >= 15 is 0 Å². The van der Waals surface area contributed by atoms with Crippen LogP contribution in [0.2, 0.25) is 0 Å². The second kappa shape index (κ2) is 4.55. The van der Waals surface area contributed by atoms with Gasteiger partial charge in [0.05, 0.1) is 0 Å². The highest BCUT2D eigenvalue weighted by atomic mass is 16.5. The maximum atomic E-state index is 11.3. The van der Waals surface area contributed by atoms with Gasteiger partial charge in [0.1, 0.15) is 11.4 Å². The summed E-state index contributed by atoms with van der Waals surface area (Å²) in [5.74, 6) is 0.969. The average Bonchev–Trinajstić information content (AvgIpc) is 2.78. The molecule has 3 nitrogen and oxygen atoms in total. The lowest BCUT2D eigenvalue weighted by Gasteiger charge is -2.40. The van der Waals surface area contributed by atoms with E-state index in [1.165, 1.54) is 18.4 Å². The Hall–Kier alpha value is -1.51. The molecule has 1 amide bonds. The van der Waals surface area contributed by atoms with Crippen molar-refractivity contribution in [2.45, 2.75) is 57.0 Å². The van der Waals surface area contributed by atoms with Gasteiger partial charge in [0, 0.05) is 12.3 Å². The minimum Gasteiger partial charge on any atom is -0.487 e. The van der Waals surface area contributed by atoms with E-state index in [-0.39, 0.29) is 17.4 Å². The first-order valence-electron chi connectivity index (χ1n) is 7.16. The minimum atomic E-state index is -0.215. The van der Waals surface area contributed by atoms with E-state index in [1.807, 2.05) is 0 Å². The van der Waals surface area contributed by atoms with Gasteiger partial charge in [-0.25, -0.2) is 0 Å². The second-order valence-electron chi connectivity index (χ2n) is 6.10. The van der Waals surface area contributed by atoms with Crippen molar-refractivity contribution in [2.24, 2.45) is 5.73 Å². The summed E-state index contributed by atoms with van der Waals surface area (Å²) in [6, 6.07) is 6.27. The summed E-state index contributed by atoms with van der Waals surface area (Å²) < 4.78 is 6.30. The summed E-state index contributed by atoms with van der Waals surface area (Å²) in [6.07, 6.45) is 6.04. The molecule has 0 bridgehead atoms. The van der Waals surface area contributed by atoms with Crippen LogP contribution in [0.25, 0.3) is 0 Å². The molecule has 1 aromatic carbocycles. The molecule has 1 spiro atoms. The molecule has 0 saturated heterocycles. The number of hydrogen-bond donors (Lipinski definition) is 1. The predicted octanol–water partition coefficient (Wildman–Crippen LogP) is 3.05. The van der Waals surface area contributed by atoms with Crippen LogP contribution in [0.1, 0.15) is 55.6 Å². The maximum Gasteiger partial charge on any atom is 0.218 e. The molecule has 1 fully saturated rings. The number of nitrogens with two attached hydrogens (primary N) is 1. The Labute approximate surface area is 114 Å². The van der Waals surface area contributed by atoms with E-state index in [1.54, 1.807) is 0 Å². The predicted molar refractivity (Wildman–Crippen MR) is 74.2 cm³/mol. The molecule has 102 valence electrons. The molecule has 1 aliphatic heterocycles. The van der Waals surface area contributed by atoms with Crippen LogP contribution >= 0.6 is 0 Å². The summed E-state index contributed by atoms with van der Waals surface area (Å²) in [5, 5.41) is 0. The summed E-state index contributed by atoms with van der Waals surface area (Å²) in [6.45, 7) is 2.07. The van der Waals surface area contributed by atoms with Crippen molar-refractivity contribution in [3.63, 3.8) is 0 Å². The second-order valence-corrected chi connectivity index (χ2v) is 6.10. The van der Waals surface area contributed by atoms with Crippen LogP contribution in [0.5, 0.6) is 5.75 Å². The van der Waals surface area contributed by atoms with Gasteiger partial charge in [0.25, 0.3) is 0 Å². The first-order chi connectivity index (χ1) is 9.08. The zero-order valence-electron chi connectivity index (χ0n) is 11.4. The van der Waals surface area contributed by atoms with Crippen LogP contribution in [0.4, 0.5) is 0 Å². The number of carbonyl (C=O) groups is 1. The standard InChI is InChI=1S/C16H21NO2/c1-11-4-5-14-13(8-11)12(9-15(17)18)10-16(19-14)6-2-3-7-16/h4-5,8,12H,2-3,6-7,9-10H2,1H3,(H2,17,18). The summed E-state index contributed by atoms with van der Waals surface area (Å²) >= 11 is 0. The van der Waals surface area contributed by atoms with E-state index in [0.29, 0.717) is 6.42 Å². The van der Waals surface area contributed by atoms with Crippen molar-refractivity contribution in [3.8, 4) is 5.75 Å². The highest BCUT2D eigenvalue weighted by Gasteiger charge is 2.43. The molecule has 19 heavy (non-hydrogen) atoms. The first kappa shape index (κ1) is 12.5. The molecule has 1 heterocycles. The Balaban J connectivity index is 1.98. The Morgan fingerprint density at radius 1 is 1.42 bits per heavy atom. The fraction of sp³-hybridized carbons (Fsp3) is 0.562. The lowest BCUT2D eigenvalue weighted by Crippen LogP contribution is -2.39. The Morgan fingerprint density at radius 3 is 2.84 bits per heavy atom. The van der Waals surface area contributed by atoms with Gasteiger partial charge in [-0.2, -0.15) is 0 Å². The minimum absolute atomic E-state index is 0.0393. The SMILES string of the molecule is Cc1ccc2c(c1)C(CC(N)=O)CC1(CCCC1)O2. The van der Waals surface area contributed by atoms with Gasteiger partial charge >= 0.3 is 0 Å². The summed E-state index contributed by atoms with van der Waals surface area (Å²) in [5.41, 5.74) is 7.76. The third kappa shape index (κ3) is 2.34. The largest absolute Gasteiger partial charge is 0.487 e. The highest BCUT2D eigenvalue weighted by molar-refractivity contribution is 5.75. The Kier molecular flexibility index (Phi) is 3.00. The molecule has 2 N–H and O–H groups in total. The number of primary amides is 1. The van der Waals surface area contributed by atoms with Crippen molar-refractivity contribution in [3.05, 3.63) is 29.3 Å². The molecule has 0 radical (unpaired) electrons. The number of hydrogen-bond acceptors (Lipinski definition) is 2. The number of ether oxygens (including phenoxy) is 1. The molecule has 0 aromatic heterocycles. The quantitative estimate of drug-likeness (QED) is 0.887. The maximum absolute atomic E-state index is 11.3. The van der Waals surface area contributed by atoms with E-state index in [4.69, 9.17) is 10.5 Å². The number of carbonyl (C=O) groups excluding carboxylic acids is 1. The number of benzene rings is 1. The molecule has 1 aliphatic carbocycles. The summed E-state index contributed by atoms with van der Waals surface area (Å²) in [7, 11) is 0. The molecule has 1 atom stereocenters. The lowest BCUT2D eigenvalue weighted by molar-refractivity contribution is -0.118. The third-order valence-electron chi connectivity index (χ3n) is 4.51. The molecule has 1 unspecified atom stereocenters. The van der Waals surface area contributed by atoms with Crippen molar-refractivity contribution >= 4 is 5.91 Å².